The van der Waals surface area contributed by atoms with Gasteiger partial charge in [0.25, 0.3) is 0 Å². The molecule has 0 heterocycles. The van der Waals surface area contributed by atoms with Gasteiger partial charge in [0.15, 0.2) is 6.10 Å². The minimum atomic E-state index is -4.39. The zero-order valence-electron chi connectivity index (χ0n) is 36.6. The Hall–Kier alpha value is -2.03. The first kappa shape index (κ1) is 54.0. The van der Waals surface area contributed by atoms with E-state index in [4.69, 9.17) is 18.5 Å². The minimum absolute atomic E-state index is 0.0213. The van der Waals surface area contributed by atoms with Crippen molar-refractivity contribution in [3.63, 3.8) is 0 Å². The van der Waals surface area contributed by atoms with Crippen molar-refractivity contribution in [2.45, 2.75) is 187 Å². The van der Waals surface area contributed by atoms with Gasteiger partial charge in [0.2, 0.25) is 0 Å². The van der Waals surface area contributed by atoms with Crippen LogP contribution in [0.25, 0.3) is 0 Å². The number of likely N-dealkylation sites (N-methyl/N-ethyl adjacent to an activating group) is 1. The van der Waals surface area contributed by atoms with E-state index >= 15 is 0 Å². The Morgan fingerprint density at radius 3 is 1.48 bits per heavy atom. The second kappa shape index (κ2) is 38.5. The number of phosphoric acid groups is 1. The van der Waals surface area contributed by atoms with Gasteiger partial charge < -0.3 is 18.9 Å². The molecule has 9 nitrogen and oxygen atoms in total. The molecule has 0 saturated heterocycles. The van der Waals surface area contributed by atoms with Gasteiger partial charge in [-0.15, -0.1) is 0 Å². The molecule has 0 fully saturated rings. The van der Waals surface area contributed by atoms with E-state index in [-0.39, 0.29) is 32.0 Å². The van der Waals surface area contributed by atoms with E-state index in [2.05, 4.69) is 56.4 Å². The van der Waals surface area contributed by atoms with E-state index in [1.807, 2.05) is 27.2 Å². The molecule has 10 heteroatoms. The molecule has 1 N–H and O–H groups in total. The second-order valence-electron chi connectivity index (χ2n) is 16.1. The van der Waals surface area contributed by atoms with Gasteiger partial charge in [-0.1, -0.05) is 165 Å². The third-order valence-corrected chi connectivity index (χ3v) is 10.3. The summed E-state index contributed by atoms with van der Waals surface area (Å²) < 4.78 is 34.2. The summed E-state index contributed by atoms with van der Waals surface area (Å²) in [4.78, 5) is 35.3. The molecular weight excluding hydrogens is 725 g/mol. The Labute approximate surface area is 343 Å². The Morgan fingerprint density at radius 2 is 0.982 bits per heavy atom. The van der Waals surface area contributed by atoms with Crippen LogP contribution in [0.15, 0.2) is 48.6 Å². The topological polar surface area (TPSA) is 108 Å². The Kier molecular flexibility index (Phi) is 37.1. The summed E-state index contributed by atoms with van der Waals surface area (Å²) in [6, 6.07) is 0. The smallest absolute Gasteiger partial charge is 0.462 e. The summed E-state index contributed by atoms with van der Waals surface area (Å²) in [5.74, 6) is -0.862. The van der Waals surface area contributed by atoms with Crippen LogP contribution in [0.1, 0.15) is 181 Å². The fraction of sp³-hybridized carbons (Fsp3) is 0.783. The average molecular weight is 811 g/mol. The fourth-order valence-electron chi connectivity index (χ4n) is 5.83. The molecule has 56 heavy (non-hydrogen) atoms. The van der Waals surface area contributed by atoms with Crippen LogP contribution in [0.5, 0.6) is 0 Å². The monoisotopic (exact) mass is 811 g/mol. The van der Waals surface area contributed by atoms with E-state index in [1.54, 1.807) is 0 Å². The number of allylic oxidation sites excluding steroid dienone is 8. The van der Waals surface area contributed by atoms with Gasteiger partial charge in [0.1, 0.15) is 19.8 Å². The molecule has 0 rings (SSSR count). The number of unbranched alkanes of at least 4 members (excludes halogenated alkanes) is 18. The number of carbonyl (C=O) groups excluding carboxylic acids is 2. The molecule has 0 aliphatic heterocycles. The predicted molar refractivity (Wildman–Crippen MR) is 233 cm³/mol. The summed E-state index contributed by atoms with van der Waals surface area (Å²) in [5, 5.41) is 0. The maximum absolute atomic E-state index is 12.7. The van der Waals surface area contributed by atoms with Crippen molar-refractivity contribution >= 4 is 19.8 Å². The van der Waals surface area contributed by atoms with Gasteiger partial charge in [-0.25, -0.2) is 4.57 Å². The summed E-state index contributed by atoms with van der Waals surface area (Å²) in [6.45, 7) is 4.33. The van der Waals surface area contributed by atoms with Gasteiger partial charge >= 0.3 is 19.8 Å². The van der Waals surface area contributed by atoms with Gasteiger partial charge in [-0.05, 0) is 51.4 Å². The highest BCUT2D eigenvalue weighted by Gasteiger charge is 2.27. The highest BCUT2D eigenvalue weighted by atomic mass is 31.2. The lowest BCUT2D eigenvalue weighted by atomic mass is 10.0. The fourth-order valence-corrected chi connectivity index (χ4v) is 6.57. The number of quaternary nitrogens is 1. The van der Waals surface area contributed by atoms with Gasteiger partial charge in [0, 0.05) is 12.8 Å². The first-order chi connectivity index (χ1) is 27.0. The van der Waals surface area contributed by atoms with Gasteiger partial charge in [-0.3, -0.25) is 18.6 Å². The SMILES string of the molecule is CCCCC/C=C\C/C=C\C/C=C\C/C=C\CCCC(=O)O[C@H](COC(=O)CCCCCCCCCCCCCCCCC)COP(=O)(O)OCC[N+](C)(C)C. The minimum Gasteiger partial charge on any atom is -0.462 e. The third kappa shape index (κ3) is 41.6. The summed E-state index contributed by atoms with van der Waals surface area (Å²) in [6.07, 6.45) is 44.5. The molecule has 2 atom stereocenters. The van der Waals surface area contributed by atoms with E-state index in [0.29, 0.717) is 17.4 Å². The number of carbonyl (C=O) groups is 2. The molecule has 0 amide bonds. The van der Waals surface area contributed by atoms with Crippen LogP contribution in [-0.4, -0.2) is 74.9 Å². The summed E-state index contributed by atoms with van der Waals surface area (Å²) in [7, 11) is 1.44. The predicted octanol–water partition coefficient (Wildman–Crippen LogP) is 12.7. The van der Waals surface area contributed by atoms with E-state index < -0.39 is 26.5 Å². The maximum atomic E-state index is 12.7. The van der Waals surface area contributed by atoms with E-state index in [1.165, 1.54) is 103 Å². The first-order valence-corrected chi connectivity index (χ1v) is 23.9. The first-order valence-electron chi connectivity index (χ1n) is 22.4. The largest absolute Gasteiger partial charge is 0.472 e. The quantitative estimate of drug-likeness (QED) is 0.0214. The average Bonchev–Trinajstić information content (AvgIpc) is 3.15. The second-order valence-corrected chi connectivity index (χ2v) is 17.5. The molecule has 0 bridgehead atoms. The van der Waals surface area contributed by atoms with Crippen molar-refractivity contribution in [3.05, 3.63) is 48.6 Å². The lowest BCUT2D eigenvalue weighted by molar-refractivity contribution is -0.870. The van der Waals surface area contributed by atoms with Crippen LogP contribution in [0, 0.1) is 0 Å². The van der Waals surface area contributed by atoms with Gasteiger partial charge in [-0.2, -0.15) is 0 Å². The zero-order valence-corrected chi connectivity index (χ0v) is 37.5. The molecule has 0 aromatic rings. The number of ether oxygens (including phenoxy) is 2. The molecule has 0 radical (unpaired) electrons. The number of nitrogens with zero attached hydrogens (tertiary/aromatic N) is 1. The highest BCUT2D eigenvalue weighted by Crippen LogP contribution is 2.43. The van der Waals surface area contributed by atoms with Crippen LogP contribution in [0.3, 0.4) is 0 Å². The van der Waals surface area contributed by atoms with E-state index in [0.717, 1.165) is 44.9 Å². The lowest BCUT2D eigenvalue weighted by Gasteiger charge is -2.24. The number of hydrogen-bond donors (Lipinski definition) is 1. The van der Waals surface area contributed by atoms with Crippen molar-refractivity contribution in [1.82, 2.24) is 0 Å². The number of esters is 2. The van der Waals surface area contributed by atoms with Crippen molar-refractivity contribution in [2.75, 3.05) is 47.5 Å². The van der Waals surface area contributed by atoms with E-state index in [9.17, 15) is 19.0 Å². The molecule has 0 saturated carbocycles. The number of rotatable bonds is 40. The van der Waals surface area contributed by atoms with Crippen LogP contribution >= 0.6 is 7.82 Å². The van der Waals surface area contributed by atoms with Crippen LogP contribution in [0.2, 0.25) is 0 Å². The maximum Gasteiger partial charge on any atom is 0.472 e. The lowest BCUT2D eigenvalue weighted by Crippen LogP contribution is -2.37. The van der Waals surface area contributed by atoms with Gasteiger partial charge in [0.05, 0.1) is 27.7 Å². The zero-order chi connectivity index (χ0) is 41.4. The summed E-state index contributed by atoms with van der Waals surface area (Å²) >= 11 is 0. The molecule has 0 spiro atoms. The van der Waals surface area contributed by atoms with Crippen molar-refractivity contribution in [1.29, 1.82) is 0 Å². The Morgan fingerprint density at radius 1 is 0.554 bits per heavy atom. The normalized spacial score (nSPS) is 14.0. The Bertz CT molecular complexity index is 1100. The van der Waals surface area contributed by atoms with Crippen molar-refractivity contribution in [2.24, 2.45) is 0 Å². The molecule has 1 unspecified atom stereocenters. The number of phosphoric ester groups is 1. The van der Waals surface area contributed by atoms with Crippen LogP contribution in [0.4, 0.5) is 0 Å². The molecule has 0 aliphatic carbocycles. The molecule has 0 aromatic carbocycles. The summed E-state index contributed by atoms with van der Waals surface area (Å²) in [5.41, 5.74) is 0. The Balaban J connectivity index is 4.45. The third-order valence-electron chi connectivity index (χ3n) is 9.36. The molecule has 326 valence electrons. The van der Waals surface area contributed by atoms with Crippen LogP contribution in [-0.2, 0) is 32.7 Å². The highest BCUT2D eigenvalue weighted by molar-refractivity contribution is 7.47. The molecule has 0 aromatic heterocycles. The molecular formula is C46H85NO8P+. The van der Waals surface area contributed by atoms with Crippen molar-refractivity contribution < 1.29 is 42.1 Å². The number of hydrogen-bond acceptors (Lipinski definition) is 7. The standard InChI is InChI=1S/C46H84NO8P/c1-6-8-10-12-14-16-18-20-22-23-25-27-29-31-33-35-37-39-46(49)55-44(43-54-56(50,51)53-41-40-47(3,4)5)42-52-45(48)38-36-34-32-30-28-26-24-21-19-17-15-13-11-9-7-2/h14,16,20,22,25,27,31,33,44H,6-13,15,17-19,21,23-24,26,28-30,32,34-43H2,1-5H3/p+1/b16-14-,22-20-,27-25-,33-31-/t44-/m1/s1. The van der Waals surface area contributed by atoms with Crippen molar-refractivity contribution in [3.8, 4) is 0 Å². The van der Waals surface area contributed by atoms with Crippen LogP contribution < -0.4 is 0 Å². The molecule has 0 aliphatic rings.